The smallest absolute Gasteiger partial charge is 0.337 e. The lowest BCUT2D eigenvalue weighted by molar-refractivity contribution is 0.0698. The van der Waals surface area contributed by atoms with E-state index < -0.39 is 11.9 Å². The Morgan fingerprint density at radius 3 is 2.18 bits per heavy atom. The highest BCUT2D eigenvalue weighted by Crippen LogP contribution is 2.21. The van der Waals surface area contributed by atoms with E-state index in [1.165, 1.54) is 6.07 Å². The fourth-order valence-electron chi connectivity index (χ4n) is 2.66. The maximum atomic E-state index is 12.8. The van der Waals surface area contributed by atoms with Gasteiger partial charge in [0.05, 0.1) is 16.8 Å². The standard InChI is InChI=1S/C23H18N2O3/c1-24-20-14-13-17(12-11-16-7-3-2-4-8-16)15-19(20)22(26)25-21-10-6-5-9-18(21)23(27)28/h2-10,13-15,24H,1H3,(H,25,26)(H,27,28). The van der Waals surface area contributed by atoms with E-state index in [4.69, 9.17) is 0 Å². The van der Waals surface area contributed by atoms with Crippen LogP contribution in [0, 0.1) is 11.8 Å². The molecule has 0 radical (unpaired) electrons. The third-order valence-electron chi connectivity index (χ3n) is 4.06. The number of aromatic carboxylic acids is 1. The van der Waals surface area contributed by atoms with Crippen molar-refractivity contribution in [3.63, 3.8) is 0 Å². The van der Waals surface area contributed by atoms with Crippen molar-refractivity contribution in [3.8, 4) is 11.8 Å². The summed E-state index contributed by atoms with van der Waals surface area (Å²) >= 11 is 0. The first-order valence-corrected chi connectivity index (χ1v) is 8.61. The molecule has 0 fully saturated rings. The Hall–Kier alpha value is -4.04. The van der Waals surface area contributed by atoms with Crippen LogP contribution in [0.25, 0.3) is 0 Å². The van der Waals surface area contributed by atoms with Crippen LogP contribution in [0.3, 0.4) is 0 Å². The summed E-state index contributed by atoms with van der Waals surface area (Å²) in [6, 6.07) is 21.1. The molecular weight excluding hydrogens is 352 g/mol. The monoisotopic (exact) mass is 370 g/mol. The molecule has 28 heavy (non-hydrogen) atoms. The molecule has 5 heteroatoms. The van der Waals surface area contributed by atoms with E-state index >= 15 is 0 Å². The van der Waals surface area contributed by atoms with Crippen molar-refractivity contribution in [2.75, 3.05) is 17.7 Å². The number of hydrogen-bond acceptors (Lipinski definition) is 3. The van der Waals surface area contributed by atoms with Crippen LogP contribution < -0.4 is 10.6 Å². The Morgan fingerprint density at radius 1 is 0.786 bits per heavy atom. The summed E-state index contributed by atoms with van der Waals surface area (Å²) in [4.78, 5) is 24.2. The number of anilines is 2. The zero-order valence-corrected chi connectivity index (χ0v) is 15.2. The minimum absolute atomic E-state index is 0.0295. The molecule has 3 aromatic carbocycles. The van der Waals surface area contributed by atoms with Gasteiger partial charge in [-0.2, -0.15) is 0 Å². The van der Waals surface area contributed by atoms with Crippen LogP contribution in [0.4, 0.5) is 11.4 Å². The number of hydrogen-bond donors (Lipinski definition) is 3. The lowest BCUT2D eigenvalue weighted by atomic mass is 10.1. The number of nitrogens with one attached hydrogen (secondary N) is 2. The van der Waals surface area contributed by atoms with E-state index in [9.17, 15) is 14.7 Å². The number of benzene rings is 3. The van der Waals surface area contributed by atoms with Crippen molar-refractivity contribution in [2.24, 2.45) is 0 Å². The first kappa shape index (κ1) is 18.7. The van der Waals surface area contributed by atoms with Crippen molar-refractivity contribution in [3.05, 3.63) is 95.1 Å². The second kappa shape index (κ2) is 8.56. The van der Waals surface area contributed by atoms with Gasteiger partial charge in [-0.1, -0.05) is 42.2 Å². The number of amides is 1. The summed E-state index contributed by atoms with van der Waals surface area (Å²) in [5, 5.41) is 14.9. The highest BCUT2D eigenvalue weighted by molar-refractivity contribution is 6.10. The van der Waals surface area contributed by atoms with Gasteiger partial charge in [0.2, 0.25) is 0 Å². The van der Waals surface area contributed by atoms with Gasteiger partial charge in [-0.25, -0.2) is 4.79 Å². The van der Waals surface area contributed by atoms with Gasteiger partial charge in [0.15, 0.2) is 0 Å². The van der Waals surface area contributed by atoms with Gasteiger partial charge < -0.3 is 15.7 Å². The fourth-order valence-corrected chi connectivity index (χ4v) is 2.66. The Kier molecular flexibility index (Phi) is 5.73. The van der Waals surface area contributed by atoms with E-state index in [0.29, 0.717) is 16.8 Å². The van der Waals surface area contributed by atoms with Gasteiger partial charge >= 0.3 is 5.97 Å². The average molecular weight is 370 g/mol. The first-order valence-electron chi connectivity index (χ1n) is 8.61. The Bertz CT molecular complexity index is 1080. The zero-order chi connectivity index (χ0) is 19.9. The maximum absolute atomic E-state index is 12.8. The minimum atomic E-state index is -1.10. The third kappa shape index (κ3) is 4.37. The molecule has 0 aliphatic rings. The molecule has 5 nitrogen and oxygen atoms in total. The zero-order valence-electron chi connectivity index (χ0n) is 15.2. The van der Waals surface area contributed by atoms with Crippen LogP contribution in [-0.4, -0.2) is 24.0 Å². The van der Waals surface area contributed by atoms with Gasteiger partial charge in [0.1, 0.15) is 0 Å². The summed E-state index contributed by atoms with van der Waals surface area (Å²) in [6.07, 6.45) is 0. The molecule has 0 saturated carbocycles. The molecule has 138 valence electrons. The predicted octanol–water partition coefficient (Wildman–Crippen LogP) is 4.08. The van der Waals surface area contributed by atoms with Crippen LogP contribution in [0.1, 0.15) is 31.8 Å². The Balaban J connectivity index is 1.91. The lowest BCUT2D eigenvalue weighted by Crippen LogP contribution is -2.16. The Morgan fingerprint density at radius 2 is 1.46 bits per heavy atom. The lowest BCUT2D eigenvalue weighted by Gasteiger charge is -2.12. The molecule has 3 rings (SSSR count). The highest BCUT2D eigenvalue weighted by Gasteiger charge is 2.15. The van der Waals surface area contributed by atoms with Gasteiger partial charge in [-0.05, 0) is 42.5 Å². The molecule has 0 aliphatic heterocycles. The van der Waals surface area contributed by atoms with Crippen molar-refractivity contribution in [2.45, 2.75) is 0 Å². The number of carboxylic acids is 1. The molecule has 0 unspecified atom stereocenters. The number of carbonyl (C=O) groups excluding carboxylic acids is 1. The molecule has 0 saturated heterocycles. The van der Waals surface area contributed by atoms with E-state index in [-0.39, 0.29) is 11.3 Å². The largest absolute Gasteiger partial charge is 0.478 e. The van der Waals surface area contributed by atoms with Crippen molar-refractivity contribution < 1.29 is 14.7 Å². The van der Waals surface area contributed by atoms with Gasteiger partial charge in [-0.15, -0.1) is 0 Å². The minimum Gasteiger partial charge on any atom is -0.478 e. The van der Waals surface area contributed by atoms with E-state index in [2.05, 4.69) is 22.5 Å². The molecule has 0 atom stereocenters. The molecule has 0 heterocycles. The second-order valence-electron chi connectivity index (χ2n) is 5.93. The summed E-state index contributed by atoms with van der Waals surface area (Å²) in [6.45, 7) is 0. The van der Waals surface area contributed by atoms with Gasteiger partial charge in [0.25, 0.3) is 5.91 Å². The highest BCUT2D eigenvalue weighted by atomic mass is 16.4. The maximum Gasteiger partial charge on any atom is 0.337 e. The summed E-state index contributed by atoms with van der Waals surface area (Å²) in [5.74, 6) is 4.59. The molecule has 0 aromatic heterocycles. The second-order valence-corrected chi connectivity index (χ2v) is 5.93. The van der Waals surface area contributed by atoms with Crippen LogP contribution in [0.2, 0.25) is 0 Å². The number of rotatable bonds is 4. The summed E-state index contributed by atoms with van der Waals surface area (Å²) < 4.78 is 0. The Labute approximate surface area is 163 Å². The van der Waals surface area contributed by atoms with E-state index in [1.807, 2.05) is 36.4 Å². The molecule has 0 bridgehead atoms. The van der Waals surface area contributed by atoms with Crippen LogP contribution in [0.5, 0.6) is 0 Å². The quantitative estimate of drug-likeness (QED) is 0.605. The van der Waals surface area contributed by atoms with Crippen molar-refractivity contribution in [1.82, 2.24) is 0 Å². The summed E-state index contributed by atoms with van der Waals surface area (Å²) in [7, 11) is 1.71. The third-order valence-corrected chi connectivity index (χ3v) is 4.06. The molecule has 3 N–H and O–H groups in total. The number of carboxylic acid groups (broad SMARTS) is 1. The van der Waals surface area contributed by atoms with Crippen molar-refractivity contribution in [1.29, 1.82) is 0 Å². The first-order chi connectivity index (χ1) is 13.6. The van der Waals surface area contributed by atoms with Crippen LogP contribution >= 0.6 is 0 Å². The molecule has 1 amide bonds. The SMILES string of the molecule is CNc1ccc(C#Cc2ccccc2)cc1C(=O)Nc1ccccc1C(=O)O. The normalized spacial score (nSPS) is 9.75. The van der Waals surface area contributed by atoms with Gasteiger partial charge in [-0.3, -0.25) is 4.79 Å². The van der Waals surface area contributed by atoms with Crippen molar-refractivity contribution >= 4 is 23.3 Å². The predicted molar refractivity (Wildman–Crippen MR) is 110 cm³/mol. The fraction of sp³-hybridized carbons (Fsp3) is 0.0435. The molecule has 3 aromatic rings. The number of para-hydroxylation sites is 1. The van der Waals surface area contributed by atoms with Crippen LogP contribution in [-0.2, 0) is 0 Å². The average Bonchev–Trinajstić information content (AvgIpc) is 2.73. The molecule has 0 aliphatic carbocycles. The molecular formula is C23H18N2O3. The summed E-state index contributed by atoms with van der Waals surface area (Å²) in [5.41, 5.74) is 2.82. The topological polar surface area (TPSA) is 78.4 Å². The van der Waals surface area contributed by atoms with Gasteiger partial charge in [0, 0.05) is 23.9 Å². The molecule has 0 spiro atoms. The van der Waals surface area contributed by atoms with Crippen LogP contribution in [0.15, 0.2) is 72.8 Å². The van der Waals surface area contributed by atoms with E-state index in [0.717, 1.165) is 5.56 Å². The number of carbonyl (C=O) groups is 2. The van der Waals surface area contributed by atoms with E-state index in [1.54, 1.807) is 37.4 Å².